The summed E-state index contributed by atoms with van der Waals surface area (Å²) in [6.45, 7) is 1.56. The Morgan fingerprint density at radius 3 is 2.73 bits per heavy atom. The van der Waals surface area contributed by atoms with Crippen LogP contribution in [0.15, 0.2) is 18.2 Å². The van der Waals surface area contributed by atoms with E-state index in [-0.39, 0.29) is 12.4 Å². The molecule has 0 bridgehead atoms. The normalized spacial score (nSPS) is 12.2. The van der Waals surface area contributed by atoms with Gasteiger partial charge in [0.2, 0.25) is 0 Å². The molecule has 0 heterocycles. The number of carboxylic acid groups (broad SMARTS) is 1. The Morgan fingerprint density at radius 1 is 1.60 bits per heavy atom. The first-order valence-electron chi connectivity index (χ1n) is 4.34. The number of hydrogen-bond donors (Lipinski definition) is 2. The summed E-state index contributed by atoms with van der Waals surface area (Å²) in [6.07, 6.45) is -0.660. The van der Waals surface area contributed by atoms with Gasteiger partial charge >= 0.3 is 5.97 Å². The molecule has 15 heavy (non-hydrogen) atoms. The second-order valence-corrected chi connectivity index (χ2v) is 3.11. The molecule has 0 fully saturated rings. The van der Waals surface area contributed by atoms with Crippen molar-refractivity contribution < 1.29 is 24.1 Å². The summed E-state index contributed by atoms with van der Waals surface area (Å²) in [5.41, 5.74) is -0.403. The number of aliphatic hydroxyl groups is 1. The standard InChI is InChI=1S/C10H11FO4/c1-6(12)5-15-7-2-3-8(10(13)14)9(11)4-7/h2-4,6,12H,5H2,1H3,(H,13,14). The van der Waals surface area contributed by atoms with Gasteiger partial charge in [0.15, 0.2) is 0 Å². The Bertz CT molecular complexity index is 362. The molecule has 0 amide bonds. The van der Waals surface area contributed by atoms with Gasteiger partial charge in [0.1, 0.15) is 18.2 Å². The van der Waals surface area contributed by atoms with Crippen molar-refractivity contribution in [3.63, 3.8) is 0 Å². The predicted octanol–water partition coefficient (Wildman–Crippen LogP) is 1.28. The van der Waals surface area contributed by atoms with E-state index in [0.29, 0.717) is 0 Å². The van der Waals surface area contributed by atoms with Crippen LogP contribution in [0.2, 0.25) is 0 Å². The quantitative estimate of drug-likeness (QED) is 0.792. The highest BCUT2D eigenvalue weighted by atomic mass is 19.1. The zero-order valence-corrected chi connectivity index (χ0v) is 8.11. The predicted molar refractivity (Wildman–Crippen MR) is 50.5 cm³/mol. The fourth-order valence-corrected chi connectivity index (χ4v) is 0.976. The first-order valence-corrected chi connectivity index (χ1v) is 4.34. The molecule has 4 nitrogen and oxygen atoms in total. The Labute approximate surface area is 85.9 Å². The number of ether oxygens (including phenoxy) is 1. The third kappa shape index (κ3) is 3.21. The van der Waals surface area contributed by atoms with E-state index < -0.39 is 23.5 Å². The van der Waals surface area contributed by atoms with Gasteiger partial charge in [-0.3, -0.25) is 0 Å². The van der Waals surface area contributed by atoms with Crippen molar-refractivity contribution in [2.45, 2.75) is 13.0 Å². The minimum atomic E-state index is -1.32. The molecule has 0 radical (unpaired) electrons. The third-order valence-corrected chi connectivity index (χ3v) is 1.66. The number of hydrogen-bond acceptors (Lipinski definition) is 3. The van der Waals surface area contributed by atoms with Crippen molar-refractivity contribution in [1.29, 1.82) is 0 Å². The molecule has 0 saturated heterocycles. The van der Waals surface area contributed by atoms with E-state index in [1.807, 2.05) is 0 Å². The maximum atomic E-state index is 13.1. The van der Waals surface area contributed by atoms with E-state index >= 15 is 0 Å². The smallest absolute Gasteiger partial charge is 0.338 e. The lowest BCUT2D eigenvalue weighted by molar-refractivity contribution is 0.0691. The molecule has 1 unspecified atom stereocenters. The van der Waals surface area contributed by atoms with Crippen molar-refractivity contribution in [1.82, 2.24) is 0 Å². The van der Waals surface area contributed by atoms with Crippen LogP contribution in [-0.2, 0) is 0 Å². The average Bonchev–Trinajstić information content (AvgIpc) is 2.14. The van der Waals surface area contributed by atoms with Crippen LogP contribution in [0.1, 0.15) is 17.3 Å². The Morgan fingerprint density at radius 2 is 2.27 bits per heavy atom. The fourth-order valence-electron chi connectivity index (χ4n) is 0.976. The van der Waals surface area contributed by atoms with E-state index in [9.17, 15) is 9.18 Å². The summed E-state index contributed by atoms with van der Waals surface area (Å²) < 4.78 is 18.1. The molecule has 0 aliphatic heterocycles. The SMILES string of the molecule is CC(O)COc1ccc(C(=O)O)c(F)c1. The Balaban J connectivity index is 2.78. The van der Waals surface area contributed by atoms with Gasteiger partial charge in [-0.25, -0.2) is 9.18 Å². The molecule has 5 heteroatoms. The van der Waals surface area contributed by atoms with Gasteiger partial charge in [-0.05, 0) is 19.1 Å². The summed E-state index contributed by atoms with van der Waals surface area (Å²) in [7, 11) is 0. The number of benzene rings is 1. The molecule has 1 aromatic rings. The monoisotopic (exact) mass is 214 g/mol. The van der Waals surface area contributed by atoms with Crippen molar-refractivity contribution in [2.75, 3.05) is 6.61 Å². The zero-order chi connectivity index (χ0) is 11.4. The number of halogens is 1. The topological polar surface area (TPSA) is 66.8 Å². The van der Waals surface area contributed by atoms with Crippen molar-refractivity contribution in [3.05, 3.63) is 29.6 Å². The van der Waals surface area contributed by atoms with Crippen LogP contribution < -0.4 is 4.74 Å². The average molecular weight is 214 g/mol. The summed E-state index contributed by atoms with van der Waals surface area (Å²) in [4.78, 5) is 10.5. The number of aromatic carboxylic acids is 1. The van der Waals surface area contributed by atoms with Crippen LogP contribution in [0, 0.1) is 5.82 Å². The second-order valence-electron chi connectivity index (χ2n) is 3.11. The summed E-state index contributed by atoms with van der Waals surface area (Å²) in [5.74, 6) is -1.99. The van der Waals surface area contributed by atoms with Crippen molar-refractivity contribution >= 4 is 5.97 Å². The summed E-state index contributed by atoms with van der Waals surface area (Å²) in [5, 5.41) is 17.5. The van der Waals surface area contributed by atoms with Gasteiger partial charge in [0.05, 0.1) is 11.7 Å². The maximum Gasteiger partial charge on any atom is 0.338 e. The molecular weight excluding hydrogens is 203 g/mol. The molecule has 0 aromatic heterocycles. The van der Waals surface area contributed by atoms with Gasteiger partial charge in [0.25, 0.3) is 0 Å². The number of rotatable bonds is 4. The molecule has 2 N–H and O–H groups in total. The lowest BCUT2D eigenvalue weighted by Gasteiger charge is -2.08. The first kappa shape index (κ1) is 11.5. The Kier molecular flexibility index (Phi) is 3.62. The van der Waals surface area contributed by atoms with Gasteiger partial charge < -0.3 is 14.9 Å². The van der Waals surface area contributed by atoms with Crippen molar-refractivity contribution in [2.24, 2.45) is 0 Å². The highest BCUT2D eigenvalue weighted by Gasteiger charge is 2.10. The highest BCUT2D eigenvalue weighted by molar-refractivity contribution is 5.88. The molecule has 1 aromatic carbocycles. The number of aliphatic hydroxyl groups excluding tert-OH is 1. The fraction of sp³-hybridized carbons (Fsp3) is 0.300. The number of carboxylic acids is 1. The van der Waals surface area contributed by atoms with Gasteiger partial charge in [-0.15, -0.1) is 0 Å². The molecule has 0 spiro atoms. The van der Waals surface area contributed by atoms with Crippen LogP contribution in [0.25, 0.3) is 0 Å². The van der Waals surface area contributed by atoms with E-state index in [1.165, 1.54) is 13.0 Å². The lowest BCUT2D eigenvalue weighted by Crippen LogP contribution is -2.13. The minimum Gasteiger partial charge on any atom is -0.491 e. The maximum absolute atomic E-state index is 13.1. The molecule has 0 aliphatic rings. The molecule has 1 atom stereocenters. The van der Waals surface area contributed by atoms with E-state index in [4.69, 9.17) is 14.9 Å². The van der Waals surface area contributed by atoms with Crippen LogP contribution in [-0.4, -0.2) is 28.9 Å². The largest absolute Gasteiger partial charge is 0.491 e. The van der Waals surface area contributed by atoms with Gasteiger partial charge in [-0.1, -0.05) is 0 Å². The third-order valence-electron chi connectivity index (χ3n) is 1.66. The second kappa shape index (κ2) is 4.75. The first-order chi connectivity index (χ1) is 7.00. The molecule has 0 saturated carbocycles. The summed E-state index contributed by atoms with van der Waals surface area (Å²) >= 11 is 0. The van der Waals surface area contributed by atoms with E-state index in [2.05, 4.69) is 0 Å². The molecule has 82 valence electrons. The lowest BCUT2D eigenvalue weighted by atomic mass is 10.2. The molecule has 1 rings (SSSR count). The summed E-state index contributed by atoms with van der Waals surface area (Å²) in [6, 6.07) is 3.44. The zero-order valence-electron chi connectivity index (χ0n) is 8.11. The molecule has 0 aliphatic carbocycles. The van der Waals surface area contributed by atoms with Crippen LogP contribution in [0.5, 0.6) is 5.75 Å². The van der Waals surface area contributed by atoms with Crippen LogP contribution in [0.3, 0.4) is 0 Å². The van der Waals surface area contributed by atoms with Gasteiger partial charge in [-0.2, -0.15) is 0 Å². The highest BCUT2D eigenvalue weighted by Crippen LogP contribution is 2.16. The van der Waals surface area contributed by atoms with Crippen LogP contribution in [0.4, 0.5) is 4.39 Å². The van der Waals surface area contributed by atoms with Crippen LogP contribution >= 0.6 is 0 Å². The number of carbonyl (C=O) groups is 1. The molecular formula is C10H11FO4. The van der Waals surface area contributed by atoms with E-state index in [0.717, 1.165) is 12.1 Å². The minimum absolute atomic E-state index is 0.0336. The van der Waals surface area contributed by atoms with Crippen molar-refractivity contribution in [3.8, 4) is 5.75 Å². The Hall–Kier alpha value is -1.62. The van der Waals surface area contributed by atoms with E-state index in [1.54, 1.807) is 0 Å². The van der Waals surface area contributed by atoms with Gasteiger partial charge in [0, 0.05) is 6.07 Å².